The van der Waals surface area contributed by atoms with Crippen LogP contribution in [0.25, 0.3) is 11.0 Å². The van der Waals surface area contributed by atoms with Gasteiger partial charge in [0.25, 0.3) is 5.91 Å². The summed E-state index contributed by atoms with van der Waals surface area (Å²) in [5, 5.41) is 19.4. The Labute approximate surface area is 205 Å². The van der Waals surface area contributed by atoms with E-state index in [-0.39, 0.29) is 43.5 Å². The van der Waals surface area contributed by atoms with Crippen LogP contribution in [0, 0.1) is 11.8 Å². The van der Waals surface area contributed by atoms with Gasteiger partial charge in [-0.05, 0) is 36.5 Å². The molecule has 0 saturated carbocycles. The highest BCUT2D eigenvalue weighted by atomic mass is 16.4. The second-order valence-corrected chi connectivity index (χ2v) is 9.79. The minimum atomic E-state index is -1.03. The van der Waals surface area contributed by atoms with E-state index < -0.39 is 6.09 Å². The molecule has 1 aromatic heterocycles. The van der Waals surface area contributed by atoms with Gasteiger partial charge in [-0.2, -0.15) is 0 Å². The Kier molecular flexibility index (Phi) is 7.70. The maximum atomic E-state index is 14.1. The van der Waals surface area contributed by atoms with Crippen LogP contribution in [0.2, 0.25) is 0 Å². The number of benzene rings is 2. The Hall–Kier alpha value is -3.39. The average molecular weight is 479 g/mol. The Balaban J connectivity index is 1.69. The molecule has 0 radical (unpaired) electrons. The summed E-state index contributed by atoms with van der Waals surface area (Å²) in [5.74, 6) is 0.158. The van der Waals surface area contributed by atoms with Crippen molar-refractivity contribution in [3.05, 3.63) is 66.0 Å². The highest BCUT2D eigenvalue weighted by Gasteiger charge is 2.37. The van der Waals surface area contributed by atoms with Crippen molar-refractivity contribution in [2.75, 3.05) is 26.2 Å². The molecule has 1 fully saturated rings. The molecule has 0 unspecified atom stereocenters. The number of para-hydroxylation sites is 2. The van der Waals surface area contributed by atoms with E-state index in [1.54, 1.807) is 4.90 Å². The topological polar surface area (TPSA) is 98.9 Å². The number of aliphatic hydroxyl groups excluding tert-OH is 1. The van der Waals surface area contributed by atoms with Crippen LogP contribution in [0.15, 0.2) is 54.6 Å². The lowest BCUT2D eigenvalue weighted by Gasteiger charge is -2.41. The van der Waals surface area contributed by atoms with Gasteiger partial charge in [-0.25, -0.2) is 9.78 Å². The van der Waals surface area contributed by atoms with Gasteiger partial charge in [-0.1, -0.05) is 56.3 Å². The number of carboxylic acid groups (broad SMARTS) is 1. The van der Waals surface area contributed by atoms with Crippen molar-refractivity contribution in [2.45, 2.75) is 39.3 Å². The molecule has 3 aromatic rings. The molecule has 186 valence electrons. The summed E-state index contributed by atoms with van der Waals surface area (Å²) in [4.78, 5) is 33.7. The summed E-state index contributed by atoms with van der Waals surface area (Å²) in [6.45, 7) is 5.57. The maximum absolute atomic E-state index is 14.1. The number of aromatic nitrogens is 2. The van der Waals surface area contributed by atoms with E-state index in [2.05, 4.69) is 12.1 Å². The van der Waals surface area contributed by atoms with E-state index in [1.165, 1.54) is 10.5 Å². The van der Waals surface area contributed by atoms with E-state index in [1.807, 2.05) is 60.9 Å². The van der Waals surface area contributed by atoms with Gasteiger partial charge in [0.1, 0.15) is 0 Å². The second-order valence-electron chi connectivity index (χ2n) is 9.79. The first kappa shape index (κ1) is 24.7. The molecule has 2 atom stereocenters. The Morgan fingerprint density at radius 1 is 1.09 bits per heavy atom. The van der Waals surface area contributed by atoms with Crippen molar-refractivity contribution in [3.8, 4) is 0 Å². The molecule has 1 aliphatic rings. The molecule has 0 aliphatic carbocycles. The van der Waals surface area contributed by atoms with Crippen LogP contribution >= 0.6 is 0 Å². The second kappa shape index (κ2) is 10.9. The van der Waals surface area contributed by atoms with Gasteiger partial charge in [0.05, 0.1) is 17.1 Å². The van der Waals surface area contributed by atoms with Crippen molar-refractivity contribution < 1.29 is 19.8 Å². The van der Waals surface area contributed by atoms with Crippen LogP contribution in [-0.2, 0) is 13.0 Å². The summed E-state index contributed by atoms with van der Waals surface area (Å²) < 4.78 is 1.99. The molecule has 1 saturated heterocycles. The third-order valence-corrected chi connectivity index (χ3v) is 6.62. The van der Waals surface area contributed by atoms with E-state index >= 15 is 0 Å². The molecule has 2 N–H and O–H groups in total. The van der Waals surface area contributed by atoms with Crippen molar-refractivity contribution in [1.29, 1.82) is 0 Å². The first-order valence-corrected chi connectivity index (χ1v) is 12.3. The van der Waals surface area contributed by atoms with Gasteiger partial charge in [-0.3, -0.25) is 4.79 Å². The number of imidazole rings is 1. The summed E-state index contributed by atoms with van der Waals surface area (Å²) in [6, 6.07) is 17.6. The number of fused-ring (bicyclic) bond motifs is 1. The molecule has 1 aliphatic heterocycles. The molecule has 0 bridgehead atoms. The van der Waals surface area contributed by atoms with Crippen molar-refractivity contribution in [3.63, 3.8) is 0 Å². The average Bonchev–Trinajstić information content (AvgIpc) is 3.24. The first-order chi connectivity index (χ1) is 16.9. The smallest absolute Gasteiger partial charge is 0.407 e. The van der Waals surface area contributed by atoms with Gasteiger partial charge in [0.15, 0.2) is 5.82 Å². The van der Waals surface area contributed by atoms with Crippen LogP contribution in [0.4, 0.5) is 4.79 Å². The van der Waals surface area contributed by atoms with Gasteiger partial charge < -0.3 is 24.6 Å². The van der Waals surface area contributed by atoms with Gasteiger partial charge in [0, 0.05) is 38.7 Å². The summed E-state index contributed by atoms with van der Waals surface area (Å²) in [5.41, 5.74) is 2.84. The van der Waals surface area contributed by atoms with E-state index in [0.29, 0.717) is 25.3 Å². The molecule has 2 aromatic carbocycles. The minimum Gasteiger partial charge on any atom is -0.465 e. The minimum absolute atomic E-state index is 0.112. The normalized spacial score (nSPS) is 18.2. The van der Waals surface area contributed by atoms with E-state index in [0.717, 1.165) is 17.5 Å². The molecule has 2 heterocycles. The molecule has 4 rings (SSSR count). The molecule has 8 heteroatoms. The highest BCUT2D eigenvalue weighted by molar-refractivity contribution is 5.95. The number of amides is 2. The summed E-state index contributed by atoms with van der Waals surface area (Å²) in [6.07, 6.45) is 0.289. The number of hydrogen-bond donors (Lipinski definition) is 2. The van der Waals surface area contributed by atoms with Crippen LogP contribution in [0.5, 0.6) is 0 Å². The first-order valence-electron chi connectivity index (χ1n) is 12.3. The fraction of sp³-hybridized carbons (Fsp3) is 0.444. The molecule has 0 spiro atoms. The maximum Gasteiger partial charge on any atom is 0.407 e. The zero-order valence-electron chi connectivity index (χ0n) is 20.4. The number of aliphatic hydroxyl groups is 1. The summed E-state index contributed by atoms with van der Waals surface area (Å²) in [7, 11) is 0. The van der Waals surface area contributed by atoms with Gasteiger partial charge in [0.2, 0.25) is 0 Å². The lowest BCUT2D eigenvalue weighted by atomic mass is 9.93. The zero-order chi connectivity index (χ0) is 24.9. The van der Waals surface area contributed by atoms with Crippen LogP contribution in [-0.4, -0.2) is 73.8 Å². The molecule has 35 heavy (non-hydrogen) atoms. The monoisotopic (exact) mass is 478 g/mol. The van der Waals surface area contributed by atoms with E-state index in [9.17, 15) is 19.8 Å². The van der Waals surface area contributed by atoms with E-state index in [4.69, 9.17) is 4.98 Å². The molecule has 8 nitrogen and oxygen atoms in total. The number of carbonyl (C=O) groups is 2. The SMILES string of the molecule is CC(C)CN(C(=O)c1nc2ccccc2n1CCc1ccccc1)[C@H]1C[C@@H](CO)CN(C(=O)O)C1. The van der Waals surface area contributed by atoms with Gasteiger partial charge in [-0.15, -0.1) is 0 Å². The van der Waals surface area contributed by atoms with Crippen LogP contribution in [0.1, 0.15) is 36.5 Å². The van der Waals surface area contributed by atoms with Crippen LogP contribution in [0.3, 0.4) is 0 Å². The van der Waals surface area contributed by atoms with Crippen LogP contribution < -0.4 is 0 Å². The van der Waals surface area contributed by atoms with Crippen molar-refractivity contribution >= 4 is 23.0 Å². The fourth-order valence-electron chi connectivity index (χ4n) is 4.96. The molecule has 2 amide bonds. The quantitative estimate of drug-likeness (QED) is 0.514. The number of aryl methyl sites for hydroxylation is 2. The number of rotatable bonds is 8. The molecular formula is C27H34N4O4. The number of likely N-dealkylation sites (tertiary alicyclic amines) is 1. The van der Waals surface area contributed by atoms with Crippen molar-refractivity contribution in [2.24, 2.45) is 11.8 Å². The Morgan fingerprint density at radius 3 is 2.49 bits per heavy atom. The van der Waals surface area contributed by atoms with Crippen molar-refractivity contribution in [1.82, 2.24) is 19.4 Å². The number of hydrogen-bond acceptors (Lipinski definition) is 4. The molecular weight excluding hydrogens is 444 g/mol. The van der Waals surface area contributed by atoms with Gasteiger partial charge >= 0.3 is 6.09 Å². The Morgan fingerprint density at radius 2 is 1.80 bits per heavy atom. The predicted octanol–water partition coefficient (Wildman–Crippen LogP) is 3.74. The fourth-order valence-corrected chi connectivity index (χ4v) is 4.96. The zero-order valence-corrected chi connectivity index (χ0v) is 20.4. The number of carbonyl (C=O) groups excluding carboxylic acids is 1. The predicted molar refractivity (Wildman–Crippen MR) is 134 cm³/mol. The summed E-state index contributed by atoms with van der Waals surface area (Å²) >= 11 is 0. The lowest BCUT2D eigenvalue weighted by Crippen LogP contribution is -2.55. The lowest BCUT2D eigenvalue weighted by molar-refractivity contribution is 0.0311. The third kappa shape index (κ3) is 5.65. The Bertz CT molecular complexity index is 1160. The third-order valence-electron chi connectivity index (χ3n) is 6.62. The number of piperidine rings is 1. The highest BCUT2D eigenvalue weighted by Crippen LogP contribution is 2.25. The number of nitrogens with zero attached hydrogens (tertiary/aromatic N) is 4. The largest absolute Gasteiger partial charge is 0.465 e. The standard InChI is InChI=1S/C27H34N4O4/c1-19(2)15-31(22-14-21(18-32)16-29(17-22)27(34)35)26(33)25-28-23-10-6-7-11-24(23)30(25)13-12-20-8-4-3-5-9-20/h3-11,19,21-22,32H,12-18H2,1-2H3,(H,34,35)/t21-,22+/m1/s1.